The van der Waals surface area contributed by atoms with Crippen LogP contribution in [0.5, 0.6) is 0 Å². The topological polar surface area (TPSA) is 93.8 Å². The lowest BCUT2D eigenvalue weighted by Gasteiger charge is -2.57. The maximum atomic E-state index is 12.6. The van der Waals surface area contributed by atoms with E-state index in [2.05, 4.69) is 6.92 Å². The van der Waals surface area contributed by atoms with Crippen LogP contribution >= 0.6 is 0 Å². The van der Waals surface area contributed by atoms with Crippen molar-refractivity contribution in [2.24, 2.45) is 22.7 Å². The van der Waals surface area contributed by atoms with Gasteiger partial charge >= 0.3 is 11.9 Å². The second-order valence-electron chi connectivity index (χ2n) is 9.84. The molecule has 4 atom stereocenters. The number of hydrogen-bond acceptors (Lipinski definition) is 5. The normalized spacial score (nSPS) is 29.2. The molecule has 1 N–H and O–H groups in total. The van der Waals surface area contributed by atoms with Crippen LogP contribution in [0.3, 0.4) is 0 Å². The van der Waals surface area contributed by atoms with Crippen LogP contribution in [0.4, 0.5) is 0 Å². The number of benzene rings is 1. The van der Waals surface area contributed by atoms with Crippen LogP contribution in [0, 0.1) is 22.7 Å². The van der Waals surface area contributed by atoms with Gasteiger partial charge in [0.2, 0.25) is 0 Å². The Hall–Kier alpha value is -3.15. The summed E-state index contributed by atoms with van der Waals surface area (Å²) >= 11 is 0. The van der Waals surface area contributed by atoms with Crippen molar-refractivity contribution in [3.63, 3.8) is 0 Å². The number of carbonyl (C=O) groups excluding carboxylic acids is 2. The van der Waals surface area contributed by atoms with Crippen LogP contribution in [-0.2, 0) is 20.7 Å². The van der Waals surface area contributed by atoms with Gasteiger partial charge in [-0.3, -0.25) is 4.79 Å². The number of furan rings is 1. The van der Waals surface area contributed by atoms with E-state index in [4.69, 9.17) is 9.15 Å². The van der Waals surface area contributed by atoms with E-state index in [1.165, 1.54) is 6.08 Å². The second kappa shape index (κ2) is 9.00. The maximum Gasteiger partial charge on any atom is 0.338 e. The molecule has 0 amide bonds. The van der Waals surface area contributed by atoms with Gasteiger partial charge in [0.05, 0.1) is 24.7 Å². The minimum atomic E-state index is -1.03. The Labute approximate surface area is 193 Å². The van der Waals surface area contributed by atoms with Crippen molar-refractivity contribution in [1.82, 2.24) is 0 Å². The number of hydrogen-bond donors (Lipinski definition) is 1. The Morgan fingerprint density at radius 2 is 1.94 bits per heavy atom. The quantitative estimate of drug-likeness (QED) is 0.591. The fourth-order valence-corrected chi connectivity index (χ4v) is 6.00. The minimum Gasteiger partial charge on any atom is -0.478 e. The molecule has 174 valence electrons. The molecule has 2 aliphatic rings. The number of carboxylic acid groups (broad SMARTS) is 1. The summed E-state index contributed by atoms with van der Waals surface area (Å²) in [5.41, 5.74) is 0.760. The van der Waals surface area contributed by atoms with E-state index in [0.717, 1.165) is 24.8 Å². The summed E-state index contributed by atoms with van der Waals surface area (Å²) < 4.78 is 11.0. The van der Waals surface area contributed by atoms with Gasteiger partial charge in [-0.1, -0.05) is 32.0 Å². The molecule has 0 aliphatic heterocycles. The number of ketones is 1. The molecule has 1 aromatic heterocycles. The number of aryl methyl sites for hydroxylation is 1. The summed E-state index contributed by atoms with van der Waals surface area (Å²) in [4.78, 5) is 37.3. The van der Waals surface area contributed by atoms with Gasteiger partial charge in [-0.25, -0.2) is 9.59 Å². The molecule has 0 spiro atoms. The number of rotatable bonds is 7. The molecule has 0 saturated heterocycles. The molecule has 2 aromatic rings. The third kappa shape index (κ3) is 4.39. The third-order valence-electron chi connectivity index (χ3n) is 8.02. The lowest BCUT2D eigenvalue weighted by molar-refractivity contribution is -0.141. The van der Waals surface area contributed by atoms with E-state index in [1.807, 2.05) is 19.1 Å². The molecule has 1 saturated carbocycles. The zero-order valence-corrected chi connectivity index (χ0v) is 19.1. The van der Waals surface area contributed by atoms with Crippen LogP contribution in [0.1, 0.15) is 55.5 Å². The molecule has 4 rings (SSSR count). The van der Waals surface area contributed by atoms with Crippen molar-refractivity contribution in [1.29, 1.82) is 0 Å². The number of carbonyl (C=O) groups is 3. The average molecular weight is 451 g/mol. The number of esters is 1. The highest BCUT2D eigenvalue weighted by Gasteiger charge is 2.57. The first-order chi connectivity index (χ1) is 15.7. The van der Waals surface area contributed by atoms with Crippen LogP contribution in [-0.4, -0.2) is 29.4 Å². The predicted molar refractivity (Wildman–Crippen MR) is 122 cm³/mol. The third-order valence-corrected chi connectivity index (χ3v) is 8.02. The number of fused-ring (bicyclic) bond motifs is 1. The molecule has 6 heteroatoms. The van der Waals surface area contributed by atoms with Crippen LogP contribution in [0.15, 0.2) is 65.0 Å². The molecule has 6 nitrogen and oxygen atoms in total. The molecule has 0 radical (unpaired) electrons. The van der Waals surface area contributed by atoms with E-state index in [-0.39, 0.29) is 35.8 Å². The maximum absolute atomic E-state index is 12.6. The first kappa shape index (κ1) is 23.0. The van der Waals surface area contributed by atoms with E-state index in [0.29, 0.717) is 18.4 Å². The average Bonchev–Trinajstić information content (AvgIpc) is 3.32. The molecular formula is C27H30O6. The highest BCUT2D eigenvalue weighted by molar-refractivity contribution is 6.01. The summed E-state index contributed by atoms with van der Waals surface area (Å²) in [7, 11) is 0. The molecule has 1 aromatic carbocycles. The fraction of sp³-hybridized carbons (Fsp3) is 0.444. The summed E-state index contributed by atoms with van der Waals surface area (Å²) in [6.45, 7) is 4.35. The van der Waals surface area contributed by atoms with Crippen molar-refractivity contribution in [3.8, 4) is 0 Å². The van der Waals surface area contributed by atoms with Crippen molar-refractivity contribution in [2.75, 3.05) is 6.61 Å². The Balaban J connectivity index is 1.62. The van der Waals surface area contributed by atoms with Crippen LogP contribution in [0.25, 0.3) is 0 Å². The van der Waals surface area contributed by atoms with Gasteiger partial charge in [-0.05, 0) is 72.8 Å². The number of allylic oxidation sites excluding steroid dienone is 1. The fourth-order valence-electron chi connectivity index (χ4n) is 6.00. The summed E-state index contributed by atoms with van der Waals surface area (Å²) in [5, 5.41) is 9.88. The number of aliphatic carboxylic acids is 1. The van der Waals surface area contributed by atoms with E-state index >= 15 is 0 Å². The van der Waals surface area contributed by atoms with E-state index in [1.54, 1.807) is 36.8 Å². The van der Waals surface area contributed by atoms with Gasteiger partial charge in [0.1, 0.15) is 0 Å². The monoisotopic (exact) mass is 450 g/mol. The van der Waals surface area contributed by atoms with Gasteiger partial charge in [-0.15, -0.1) is 0 Å². The number of carboxylic acids is 1. The van der Waals surface area contributed by atoms with Gasteiger partial charge in [0, 0.05) is 17.4 Å². The molecule has 1 heterocycles. The van der Waals surface area contributed by atoms with Gasteiger partial charge in [0.15, 0.2) is 5.78 Å². The summed E-state index contributed by atoms with van der Waals surface area (Å²) in [6.07, 6.45) is 7.81. The van der Waals surface area contributed by atoms with Gasteiger partial charge in [-0.2, -0.15) is 0 Å². The zero-order chi connectivity index (χ0) is 23.6. The van der Waals surface area contributed by atoms with Crippen LogP contribution < -0.4 is 0 Å². The highest BCUT2D eigenvalue weighted by Crippen LogP contribution is 2.61. The molecule has 0 bridgehead atoms. The number of ether oxygens (including phenoxy) is 1. The largest absolute Gasteiger partial charge is 0.478 e. The van der Waals surface area contributed by atoms with Gasteiger partial charge in [0.25, 0.3) is 0 Å². The van der Waals surface area contributed by atoms with Crippen molar-refractivity contribution >= 4 is 17.7 Å². The van der Waals surface area contributed by atoms with E-state index < -0.39 is 16.8 Å². The molecule has 2 aliphatic carbocycles. The van der Waals surface area contributed by atoms with Crippen LogP contribution in [0.2, 0.25) is 0 Å². The second-order valence-corrected chi connectivity index (χ2v) is 9.84. The molecule has 0 unspecified atom stereocenters. The molecular weight excluding hydrogens is 420 g/mol. The SMILES string of the molecule is C[C@]1(CCc2ccoc2)[C@H](COC(=O)c2ccccc2)CC[C@@]2(C)C(C(=O)O)=CC(=O)C[C@H]12. The first-order valence-electron chi connectivity index (χ1n) is 11.5. The standard InChI is InChI=1S/C27H30O6/c1-26(11-8-18-10-13-32-16-18)20(17-33-25(31)19-6-4-3-5-7-19)9-12-27(2)22(24(29)30)14-21(28)15-23(26)27/h3-7,10,13-14,16,20,23H,8-9,11-12,15,17H2,1-2H3,(H,29,30)/t20-,23+,26-,27-/m0/s1. The lowest BCUT2D eigenvalue weighted by atomic mass is 9.46. The minimum absolute atomic E-state index is 0.0103. The van der Waals surface area contributed by atoms with Crippen molar-refractivity contribution in [2.45, 2.75) is 46.0 Å². The molecule has 1 fully saturated rings. The van der Waals surface area contributed by atoms with Crippen molar-refractivity contribution < 1.29 is 28.6 Å². The molecule has 33 heavy (non-hydrogen) atoms. The van der Waals surface area contributed by atoms with E-state index in [9.17, 15) is 19.5 Å². The Bertz CT molecular complexity index is 1050. The first-order valence-corrected chi connectivity index (χ1v) is 11.5. The Morgan fingerprint density at radius 1 is 1.18 bits per heavy atom. The Kier molecular flexibility index (Phi) is 6.28. The van der Waals surface area contributed by atoms with Crippen molar-refractivity contribution in [3.05, 3.63) is 71.7 Å². The predicted octanol–water partition coefficient (Wildman–Crippen LogP) is 5.09. The summed E-state index contributed by atoms with van der Waals surface area (Å²) in [6, 6.07) is 10.8. The smallest absolute Gasteiger partial charge is 0.338 e. The highest BCUT2D eigenvalue weighted by atomic mass is 16.5. The summed E-state index contributed by atoms with van der Waals surface area (Å²) in [5.74, 6) is -1.69. The Morgan fingerprint density at radius 3 is 2.61 bits per heavy atom. The zero-order valence-electron chi connectivity index (χ0n) is 19.1. The van der Waals surface area contributed by atoms with Gasteiger partial charge < -0.3 is 14.3 Å². The lowest BCUT2D eigenvalue weighted by Crippen LogP contribution is -2.54.